The summed E-state index contributed by atoms with van der Waals surface area (Å²) in [6, 6.07) is 5.72. The number of ether oxygens (including phenoxy) is 1. The summed E-state index contributed by atoms with van der Waals surface area (Å²) in [5.41, 5.74) is 3.37. The number of nitrogens with zero attached hydrogens (tertiary/aromatic N) is 1. The standard InChI is InChI=1S/C17H20N2O3/c1-17(2,3)22-16(21)19-8-7-11(10-19)12-5-4-6-13-14(12)9-18-15(13)20/h4-7H,8-10H2,1-3H3,(H,18,20). The third kappa shape index (κ3) is 2.71. The molecular formula is C17H20N2O3. The highest BCUT2D eigenvalue weighted by atomic mass is 16.6. The molecule has 3 rings (SSSR count). The zero-order valence-corrected chi connectivity index (χ0v) is 13.1. The molecule has 0 saturated carbocycles. The molecule has 0 spiro atoms. The van der Waals surface area contributed by atoms with Crippen LogP contribution in [-0.2, 0) is 11.3 Å². The third-order valence-corrected chi connectivity index (χ3v) is 3.76. The lowest BCUT2D eigenvalue weighted by Crippen LogP contribution is -2.35. The van der Waals surface area contributed by atoms with Gasteiger partial charge in [0.15, 0.2) is 0 Å². The number of hydrogen-bond acceptors (Lipinski definition) is 3. The molecule has 116 valence electrons. The molecule has 0 fully saturated rings. The second-order valence-electron chi connectivity index (χ2n) is 6.60. The van der Waals surface area contributed by atoms with Gasteiger partial charge < -0.3 is 15.0 Å². The normalized spacial score (nSPS) is 17.1. The Morgan fingerprint density at radius 3 is 2.73 bits per heavy atom. The van der Waals surface area contributed by atoms with Crippen molar-refractivity contribution in [3.8, 4) is 0 Å². The van der Waals surface area contributed by atoms with Crippen LogP contribution in [0.1, 0.15) is 42.3 Å². The summed E-state index contributed by atoms with van der Waals surface area (Å²) in [5, 5.41) is 2.84. The Labute approximate surface area is 129 Å². The Balaban J connectivity index is 1.77. The molecule has 0 radical (unpaired) electrons. The molecule has 1 aromatic rings. The Kier molecular flexibility index (Phi) is 3.43. The fourth-order valence-electron chi connectivity index (χ4n) is 2.77. The van der Waals surface area contributed by atoms with Crippen LogP contribution in [0.3, 0.4) is 0 Å². The summed E-state index contributed by atoms with van der Waals surface area (Å²) in [4.78, 5) is 25.5. The van der Waals surface area contributed by atoms with Gasteiger partial charge in [0.25, 0.3) is 5.91 Å². The van der Waals surface area contributed by atoms with Gasteiger partial charge in [-0.1, -0.05) is 18.2 Å². The lowest BCUT2D eigenvalue weighted by molar-refractivity contribution is 0.0306. The van der Waals surface area contributed by atoms with Crippen molar-refractivity contribution in [2.24, 2.45) is 0 Å². The molecule has 0 aromatic heterocycles. The minimum Gasteiger partial charge on any atom is -0.444 e. The Hall–Kier alpha value is -2.30. The van der Waals surface area contributed by atoms with E-state index in [4.69, 9.17) is 4.74 Å². The fourth-order valence-corrected chi connectivity index (χ4v) is 2.77. The Morgan fingerprint density at radius 2 is 2.00 bits per heavy atom. The van der Waals surface area contributed by atoms with Gasteiger partial charge in [-0.15, -0.1) is 0 Å². The summed E-state index contributed by atoms with van der Waals surface area (Å²) in [7, 11) is 0. The van der Waals surface area contributed by atoms with Crippen LogP contribution in [0.5, 0.6) is 0 Å². The van der Waals surface area contributed by atoms with E-state index in [1.165, 1.54) is 0 Å². The van der Waals surface area contributed by atoms with Gasteiger partial charge in [-0.25, -0.2) is 4.79 Å². The molecule has 5 heteroatoms. The number of rotatable bonds is 1. The van der Waals surface area contributed by atoms with Gasteiger partial charge in [0.2, 0.25) is 0 Å². The maximum absolute atomic E-state index is 12.1. The van der Waals surface area contributed by atoms with E-state index in [2.05, 4.69) is 5.32 Å². The maximum atomic E-state index is 12.1. The third-order valence-electron chi connectivity index (χ3n) is 3.76. The number of hydrogen-bond donors (Lipinski definition) is 1. The highest BCUT2D eigenvalue weighted by Gasteiger charge is 2.28. The molecule has 0 atom stereocenters. The van der Waals surface area contributed by atoms with Gasteiger partial charge in [-0.05, 0) is 43.5 Å². The average Bonchev–Trinajstić information content (AvgIpc) is 3.04. The molecule has 5 nitrogen and oxygen atoms in total. The molecule has 1 N–H and O–H groups in total. The van der Waals surface area contributed by atoms with E-state index in [0.717, 1.165) is 22.3 Å². The summed E-state index contributed by atoms with van der Waals surface area (Å²) in [6.07, 6.45) is 1.73. The zero-order valence-electron chi connectivity index (χ0n) is 13.1. The van der Waals surface area contributed by atoms with Gasteiger partial charge in [0.1, 0.15) is 5.60 Å². The van der Waals surface area contributed by atoms with Crippen LogP contribution in [0, 0.1) is 0 Å². The van der Waals surface area contributed by atoms with Crippen molar-refractivity contribution in [3.05, 3.63) is 41.0 Å². The van der Waals surface area contributed by atoms with Gasteiger partial charge in [-0.2, -0.15) is 0 Å². The molecule has 0 unspecified atom stereocenters. The second-order valence-corrected chi connectivity index (χ2v) is 6.60. The van der Waals surface area contributed by atoms with Gasteiger partial charge in [-0.3, -0.25) is 4.79 Å². The highest BCUT2D eigenvalue weighted by Crippen LogP contribution is 2.29. The molecule has 2 aliphatic heterocycles. The molecule has 2 heterocycles. The molecule has 0 aliphatic carbocycles. The number of carbonyl (C=O) groups excluding carboxylic acids is 2. The number of carbonyl (C=O) groups is 2. The SMILES string of the molecule is CC(C)(C)OC(=O)N1CC=C(c2cccc3c2CNC3=O)C1. The predicted octanol–water partition coefficient (Wildman–Crippen LogP) is 2.56. The summed E-state index contributed by atoms with van der Waals surface area (Å²) >= 11 is 0. The first-order valence-electron chi connectivity index (χ1n) is 7.42. The first-order chi connectivity index (χ1) is 10.3. The fraction of sp³-hybridized carbons (Fsp3) is 0.412. The van der Waals surface area contributed by atoms with Crippen LogP contribution in [0.25, 0.3) is 5.57 Å². The highest BCUT2D eigenvalue weighted by molar-refractivity contribution is 6.00. The number of amides is 2. The summed E-state index contributed by atoms with van der Waals surface area (Å²) in [5.74, 6) is -0.0283. The quantitative estimate of drug-likeness (QED) is 0.867. The van der Waals surface area contributed by atoms with E-state index in [-0.39, 0.29) is 12.0 Å². The van der Waals surface area contributed by atoms with Crippen molar-refractivity contribution in [1.82, 2.24) is 10.2 Å². The van der Waals surface area contributed by atoms with Crippen LogP contribution in [0.15, 0.2) is 24.3 Å². The molecule has 0 bridgehead atoms. The number of benzene rings is 1. The largest absolute Gasteiger partial charge is 0.444 e. The van der Waals surface area contributed by atoms with Crippen molar-refractivity contribution >= 4 is 17.6 Å². The second kappa shape index (κ2) is 5.16. The molecule has 22 heavy (non-hydrogen) atoms. The zero-order chi connectivity index (χ0) is 15.9. The maximum Gasteiger partial charge on any atom is 0.410 e. The van der Waals surface area contributed by atoms with E-state index >= 15 is 0 Å². The first kappa shape index (κ1) is 14.6. The van der Waals surface area contributed by atoms with Crippen LogP contribution >= 0.6 is 0 Å². The van der Waals surface area contributed by atoms with E-state index < -0.39 is 5.60 Å². The van der Waals surface area contributed by atoms with Gasteiger partial charge >= 0.3 is 6.09 Å². The van der Waals surface area contributed by atoms with Crippen LogP contribution < -0.4 is 5.32 Å². The van der Waals surface area contributed by atoms with E-state index in [1.54, 1.807) is 4.90 Å². The molecule has 0 saturated heterocycles. The topological polar surface area (TPSA) is 58.6 Å². The summed E-state index contributed by atoms with van der Waals surface area (Å²) < 4.78 is 5.40. The van der Waals surface area contributed by atoms with E-state index in [0.29, 0.717) is 19.6 Å². The molecule has 2 amide bonds. The van der Waals surface area contributed by atoms with E-state index in [1.807, 2.05) is 45.0 Å². The lowest BCUT2D eigenvalue weighted by Gasteiger charge is -2.24. The van der Waals surface area contributed by atoms with Crippen molar-refractivity contribution in [2.45, 2.75) is 32.9 Å². The van der Waals surface area contributed by atoms with Crippen LogP contribution in [-0.4, -0.2) is 35.6 Å². The number of nitrogens with one attached hydrogen (secondary N) is 1. The van der Waals surface area contributed by atoms with Crippen LogP contribution in [0.4, 0.5) is 4.79 Å². The number of fused-ring (bicyclic) bond motifs is 1. The van der Waals surface area contributed by atoms with Gasteiger partial charge in [0, 0.05) is 25.2 Å². The lowest BCUT2D eigenvalue weighted by atomic mass is 9.97. The van der Waals surface area contributed by atoms with Crippen molar-refractivity contribution < 1.29 is 14.3 Å². The predicted molar refractivity (Wildman–Crippen MR) is 83.4 cm³/mol. The van der Waals surface area contributed by atoms with Crippen molar-refractivity contribution in [2.75, 3.05) is 13.1 Å². The minimum absolute atomic E-state index is 0.0283. The van der Waals surface area contributed by atoms with Crippen LogP contribution in [0.2, 0.25) is 0 Å². The molecule has 2 aliphatic rings. The molecule has 1 aromatic carbocycles. The Bertz CT molecular complexity index is 671. The molecular weight excluding hydrogens is 280 g/mol. The Morgan fingerprint density at radius 1 is 1.27 bits per heavy atom. The van der Waals surface area contributed by atoms with Crippen molar-refractivity contribution in [1.29, 1.82) is 0 Å². The summed E-state index contributed by atoms with van der Waals surface area (Å²) in [6.45, 7) is 7.17. The minimum atomic E-state index is -0.496. The van der Waals surface area contributed by atoms with Gasteiger partial charge in [0.05, 0.1) is 0 Å². The monoisotopic (exact) mass is 300 g/mol. The first-order valence-corrected chi connectivity index (χ1v) is 7.42. The smallest absolute Gasteiger partial charge is 0.410 e. The van der Waals surface area contributed by atoms with Crippen molar-refractivity contribution in [3.63, 3.8) is 0 Å². The average molecular weight is 300 g/mol. The van der Waals surface area contributed by atoms with E-state index in [9.17, 15) is 9.59 Å².